The van der Waals surface area contributed by atoms with Crippen molar-refractivity contribution in [1.29, 1.82) is 0 Å². The fourth-order valence-electron chi connectivity index (χ4n) is 5.07. The highest BCUT2D eigenvalue weighted by atomic mass is 79.9. The van der Waals surface area contributed by atoms with E-state index in [0.717, 1.165) is 37.9 Å². The second-order valence-corrected chi connectivity index (χ2v) is 11.1. The Morgan fingerprint density at radius 2 is 1.27 bits per heavy atom. The van der Waals surface area contributed by atoms with Crippen LogP contribution in [0.1, 0.15) is 39.6 Å². The smallest absolute Gasteiger partial charge is 0.330 e. The van der Waals surface area contributed by atoms with E-state index < -0.39 is 41.4 Å². The van der Waals surface area contributed by atoms with Crippen LogP contribution in [0.25, 0.3) is 0 Å². The lowest BCUT2D eigenvalue weighted by Crippen LogP contribution is -2.40. The standard InChI is InChI=1S/C31H31BrN2O6/c1-18-4-10-21(11-5-18)31(22-12-6-19(2)7-13-22,23-14-8-20(3)9-15-23)39-17-25-26(35)27(36)29(40-25)34-16-24(32)28(37)33-30(34)38/h4-16,25-27,29,35-36H,17H2,1-3H3,(H,33,37,38)/t25-,26-,27-,29-/m0/s1. The molecule has 1 aliphatic heterocycles. The van der Waals surface area contributed by atoms with Gasteiger partial charge in [-0.3, -0.25) is 14.3 Å². The van der Waals surface area contributed by atoms with Crippen LogP contribution in [-0.4, -0.2) is 44.7 Å². The molecule has 2 heterocycles. The van der Waals surface area contributed by atoms with Crippen LogP contribution in [0.5, 0.6) is 0 Å². The Hall–Kier alpha value is -3.34. The number of aromatic amines is 1. The van der Waals surface area contributed by atoms with Crippen molar-refractivity contribution in [2.45, 2.75) is 50.9 Å². The number of H-pyrrole nitrogens is 1. The molecule has 1 aliphatic rings. The number of hydrogen-bond acceptors (Lipinski definition) is 6. The molecule has 0 unspecified atom stereocenters. The van der Waals surface area contributed by atoms with Crippen LogP contribution in [0.4, 0.5) is 0 Å². The molecule has 3 N–H and O–H groups in total. The first-order valence-corrected chi connectivity index (χ1v) is 13.8. The monoisotopic (exact) mass is 606 g/mol. The topological polar surface area (TPSA) is 114 Å². The number of ether oxygens (including phenoxy) is 2. The molecule has 9 heteroatoms. The fraction of sp³-hybridized carbons (Fsp3) is 0.290. The first-order valence-electron chi connectivity index (χ1n) is 13.0. The number of halogens is 1. The maximum atomic E-state index is 12.5. The highest BCUT2D eigenvalue weighted by Gasteiger charge is 2.46. The second-order valence-electron chi connectivity index (χ2n) is 10.3. The predicted molar refractivity (Wildman–Crippen MR) is 154 cm³/mol. The normalized spacial score (nSPS) is 21.1. The van der Waals surface area contributed by atoms with Crippen molar-refractivity contribution in [3.63, 3.8) is 0 Å². The summed E-state index contributed by atoms with van der Waals surface area (Å²) in [6.45, 7) is 5.95. The van der Waals surface area contributed by atoms with Gasteiger partial charge in [-0.15, -0.1) is 0 Å². The summed E-state index contributed by atoms with van der Waals surface area (Å²) in [5, 5.41) is 21.8. The van der Waals surface area contributed by atoms with E-state index in [9.17, 15) is 19.8 Å². The molecule has 0 amide bonds. The molecule has 40 heavy (non-hydrogen) atoms. The summed E-state index contributed by atoms with van der Waals surface area (Å²) in [5.41, 5.74) is 3.52. The Kier molecular flexibility index (Phi) is 7.94. The van der Waals surface area contributed by atoms with Gasteiger partial charge in [0, 0.05) is 6.20 Å². The third-order valence-electron chi connectivity index (χ3n) is 7.37. The molecule has 5 rings (SSSR count). The SMILES string of the molecule is Cc1ccc(C(OC[C@@H]2O[C@H](n3cc(Br)c(=O)[nH]c3=O)[C@@H](O)[C@H]2O)(c2ccc(C)cc2)c2ccc(C)cc2)cc1. The number of nitrogens with zero attached hydrogens (tertiary/aromatic N) is 1. The summed E-state index contributed by atoms with van der Waals surface area (Å²) < 4.78 is 14.0. The Morgan fingerprint density at radius 3 is 1.73 bits per heavy atom. The minimum atomic E-state index is -1.43. The molecule has 0 saturated carbocycles. The Balaban J connectivity index is 1.56. The Morgan fingerprint density at radius 1 is 0.825 bits per heavy atom. The third-order valence-corrected chi connectivity index (χ3v) is 7.94. The van der Waals surface area contributed by atoms with Crippen LogP contribution in [0.3, 0.4) is 0 Å². The molecule has 1 aromatic heterocycles. The van der Waals surface area contributed by atoms with Crippen molar-refractivity contribution in [3.05, 3.63) is 138 Å². The van der Waals surface area contributed by atoms with Gasteiger partial charge in [-0.25, -0.2) is 4.79 Å². The summed E-state index contributed by atoms with van der Waals surface area (Å²) in [6, 6.07) is 24.3. The molecular weight excluding hydrogens is 576 g/mol. The van der Waals surface area contributed by atoms with Gasteiger partial charge in [0.05, 0.1) is 11.1 Å². The highest BCUT2D eigenvalue weighted by molar-refractivity contribution is 9.10. The molecule has 4 atom stereocenters. The van der Waals surface area contributed by atoms with Crippen molar-refractivity contribution in [1.82, 2.24) is 9.55 Å². The van der Waals surface area contributed by atoms with Gasteiger partial charge in [-0.1, -0.05) is 89.5 Å². The number of aromatic nitrogens is 2. The molecule has 1 saturated heterocycles. The number of rotatable bonds is 7. The van der Waals surface area contributed by atoms with E-state index in [-0.39, 0.29) is 11.1 Å². The van der Waals surface area contributed by atoms with Crippen molar-refractivity contribution < 1.29 is 19.7 Å². The fourth-order valence-corrected chi connectivity index (χ4v) is 5.39. The van der Waals surface area contributed by atoms with E-state index in [2.05, 4.69) is 20.9 Å². The molecule has 0 bridgehead atoms. The van der Waals surface area contributed by atoms with Crippen LogP contribution in [0.15, 0.2) is 93.1 Å². The van der Waals surface area contributed by atoms with E-state index in [0.29, 0.717) is 0 Å². The first kappa shape index (κ1) is 28.2. The Labute approximate surface area is 240 Å². The van der Waals surface area contributed by atoms with Crippen molar-refractivity contribution >= 4 is 15.9 Å². The van der Waals surface area contributed by atoms with E-state index >= 15 is 0 Å². The summed E-state index contributed by atoms with van der Waals surface area (Å²) in [6.07, 6.45) is -3.75. The molecule has 8 nitrogen and oxygen atoms in total. The van der Waals surface area contributed by atoms with Gasteiger partial charge >= 0.3 is 5.69 Å². The molecule has 4 aromatic rings. The zero-order valence-electron chi connectivity index (χ0n) is 22.4. The predicted octanol–water partition coefficient (Wildman–Crippen LogP) is 3.85. The molecule has 0 spiro atoms. The van der Waals surface area contributed by atoms with Gasteiger partial charge < -0.3 is 19.7 Å². The lowest BCUT2D eigenvalue weighted by molar-refractivity contribution is -0.0959. The number of nitrogens with one attached hydrogen (secondary N) is 1. The van der Waals surface area contributed by atoms with Gasteiger partial charge in [0.25, 0.3) is 5.56 Å². The third kappa shape index (κ3) is 5.23. The maximum absolute atomic E-state index is 12.5. The molecule has 0 aliphatic carbocycles. The van der Waals surface area contributed by atoms with Gasteiger partial charge in [0.2, 0.25) is 0 Å². The lowest BCUT2D eigenvalue weighted by atomic mass is 9.79. The molecular formula is C31H31BrN2O6. The second kappa shape index (κ2) is 11.3. The van der Waals surface area contributed by atoms with Crippen LogP contribution in [0.2, 0.25) is 0 Å². The Bertz CT molecular complexity index is 1480. The maximum Gasteiger partial charge on any atom is 0.330 e. The number of aliphatic hydroxyl groups is 2. The van der Waals surface area contributed by atoms with Crippen LogP contribution in [-0.2, 0) is 15.1 Å². The van der Waals surface area contributed by atoms with Crippen molar-refractivity contribution in [2.24, 2.45) is 0 Å². The molecule has 0 radical (unpaired) electrons. The summed E-state index contributed by atoms with van der Waals surface area (Å²) in [4.78, 5) is 26.5. The van der Waals surface area contributed by atoms with Crippen molar-refractivity contribution in [3.8, 4) is 0 Å². The molecule has 208 valence electrons. The van der Waals surface area contributed by atoms with Gasteiger partial charge in [-0.05, 0) is 53.4 Å². The quantitative estimate of drug-likeness (QED) is 0.275. The summed E-state index contributed by atoms with van der Waals surface area (Å²) in [7, 11) is 0. The molecule has 1 fully saturated rings. The largest absolute Gasteiger partial charge is 0.387 e. The van der Waals surface area contributed by atoms with Gasteiger partial charge in [-0.2, -0.15) is 0 Å². The van der Waals surface area contributed by atoms with Crippen LogP contribution in [0, 0.1) is 20.8 Å². The van der Waals surface area contributed by atoms with Crippen molar-refractivity contribution in [2.75, 3.05) is 6.61 Å². The average Bonchev–Trinajstić information content (AvgIpc) is 3.22. The van der Waals surface area contributed by atoms with Crippen LogP contribution < -0.4 is 11.2 Å². The van der Waals surface area contributed by atoms with Crippen LogP contribution >= 0.6 is 15.9 Å². The van der Waals surface area contributed by atoms with E-state index in [4.69, 9.17) is 9.47 Å². The lowest BCUT2D eigenvalue weighted by Gasteiger charge is -2.37. The van der Waals surface area contributed by atoms with Gasteiger partial charge in [0.15, 0.2) is 6.23 Å². The minimum Gasteiger partial charge on any atom is -0.387 e. The number of hydrogen-bond donors (Lipinski definition) is 3. The minimum absolute atomic E-state index is 0.0919. The number of aliphatic hydroxyl groups excluding tert-OH is 2. The first-order chi connectivity index (χ1) is 19.1. The summed E-state index contributed by atoms with van der Waals surface area (Å²) >= 11 is 3.10. The molecule has 3 aromatic carbocycles. The summed E-state index contributed by atoms with van der Waals surface area (Å²) in [5.74, 6) is 0. The van der Waals surface area contributed by atoms with E-state index in [1.165, 1.54) is 6.20 Å². The number of aryl methyl sites for hydroxylation is 3. The zero-order valence-corrected chi connectivity index (χ0v) is 24.0. The zero-order chi connectivity index (χ0) is 28.6. The highest BCUT2D eigenvalue weighted by Crippen LogP contribution is 2.42. The average molecular weight is 608 g/mol. The van der Waals surface area contributed by atoms with E-state index in [1.807, 2.05) is 93.6 Å². The van der Waals surface area contributed by atoms with E-state index in [1.54, 1.807) is 0 Å². The van der Waals surface area contributed by atoms with Gasteiger partial charge in [0.1, 0.15) is 23.9 Å². The number of benzene rings is 3.